The van der Waals surface area contributed by atoms with E-state index in [0.717, 1.165) is 13.1 Å². The molecule has 0 amide bonds. The first kappa shape index (κ1) is 28.1. The number of aryl methyl sites for hydroxylation is 2. The van der Waals surface area contributed by atoms with E-state index in [1.54, 1.807) is 40.7 Å². The molecule has 2 saturated heterocycles. The summed E-state index contributed by atoms with van der Waals surface area (Å²) in [6.07, 6.45) is 5.80. The molecular formula is C30H34FN11O2. The Morgan fingerprint density at radius 2 is 1.89 bits per heavy atom. The van der Waals surface area contributed by atoms with Gasteiger partial charge in [-0.1, -0.05) is 0 Å². The van der Waals surface area contributed by atoms with Gasteiger partial charge in [-0.15, -0.1) is 0 Å². The Morgan fingerprint density at radius 3 is 2.59 bits per heavy atom. The number of nitrogens with one attached hydrogen (secondary N) is 2. The number of benzene rings is 1. The predicted octanol–water partition coefficient (Wildman–Crippen LogP) is 3.02. The normalized spacial score (nSPS) is 20.5. The summed E-state index contributed by atoms with van der Waals surface area (Å²) in [6, 6.07) is 7.15. The highest BCUT2D eigenvalue weighted by Gasteiger charge is 2.26. The summed E-state index contributed by atoms with van der Waals surface area (Å²) in [7, 11) is 3.58. The van der Waals surface area contributed by atoms with Crippen molar-refractivity contribution >= 4 is 28.4 Å². The number of hydrogen-bond acceptors (Lipinski definition) is 10. The van der Waals surface area contributed by atoms with Gasteiger partial charge in [0.1, 0.15) is 28.7 Å². The zero-order chi connectivity index (χ0) is 30.5. The minimum atomic E-state index is -0.322. The molecule has 1 unspecified atom stereocenters. The van der Waals surface area contributed by atoms with Gasteiger partial charge in [-0.2, -0.15) is 20.0 Å². The second-order valence-corrected chi connectivity index (χ2v) is 11.7. The van der Waals surface area contributed by atoms with Crippen molar-refractivity contribution in [1.82, 2.24) is 44.4 Å². The van der Waals surface area contributed by atoms with Gasteiger partial charge in [0.15, 0.2) is 0 Å². The summed E-state index contributed by atoms with van der Waals surface area (Å²) >= 11 is 0. The Labute approximate surface area is 252 Å². The highest BCUT2D eigenvalue weighted by molar-refractivity contribution is 5.81. The fourth-order valence-corrected chi connectivity index (χ4v) is 6.20. The van der Waals surface area contributed by atoms with Crippen molar-refractivity contribution < 1.29 is 9.13 Å². The third-order valence-corrected chi connectivity index (χ3v) is 8.13. The first-order chi connectivity index (χ1) is 21.2. The number of fused-ring (bicyclic) bond motifs is 1. The van der Waals surface area contributed by atoms with E-state index in [-0.39, 0.29) is 35.5 Å². The van der Waals surface area contributed by atoms with Crippen LogP contribution in [0.5, 0.6) is 0 Å². The Balaban J connectivity index is 1.24. The van der Waals surface area contributed by atoms with Crippen LogP contribution in [0.25, 0.3) is 33.8 Å². The molecule has 7 rings (SSSR count). The molecule has 0 spiro atoms. The lowest BCUT2D eigenvalue weighted by atomic mass is 10.1. The minimum Gasteiger partial charge on any atom is -0.379 e. The summed E-state index contributed by atoms with van der Waals surface area (Å²) in [5, 5.41) is 15.7. The number of imidazole rings is 1. The lowest BCUT2D eigenvalue weighted by Crippen LogP contribution is -2.54. The molecule has 44 heavy (non-hydrogen) atoms. The van der Waals surface area contributed by atoms with Crippen molar-refractivity contribution in [2.24, 2.45) is 14.1 Å². The van der Waals surface area contributed by atoms with E-state index in [1.807, 2.05) is 19.3 Å². The summed E-state index contributed by atoms with van der Waals surface area (Å²) in [6.45, 7) is 6.60. The van der Waals surface area contributed by atoms with E-state index in [4.69, 9.17) is 14.7 Å². The molecule has 228 valence electrons. The average Bonchev–Trinajstić information content (AvgIpc) is 3.74. The molecule has 2 fully saturated rings. The van der Waals surface area contributed by atoms with Crippen molar-refractivity contribution in [2.75, 3.05) is 36.5 Å². The van der Waals surface area contributed by atoms with Crippen molar-refractivity contribution in [2.45, 2.75) is 38.4 Å². The molecular weight excluding hydrogens is 565 g/mol. The van der Waals surface area contributed by atoms with Crippen LogP contribution in [0.1, 0.15) is 26.3 Å². The predicted molar refractivity (Wildman–Crippen MR) is 164 cm³/mol. The van der Waals surface area contributed by atoms with Gasteiger partial charge in [-0.25, -0.2) is 14.4 Å². The summed E-state index contributed by atoms with van der Waals surface area (Å²) < 4.78 is 24.4. The number of hydrogen-bond donors (Lipinski definition) is 2. The fraction of sp³-hybridized carbons (Fsp3) is 0.400. The molecule has 0 bridgehead atoms. The number of anilines is 3. The molecule has 6 heterocycles. The van der Waals surface area contributed by atoms with E-state index in [9.17, 15) is 4.79 Å². The monoisotopic (exact) mass is 599 g/mol. The average molecular weight is 600 g/mol. The van der Waals surface area contributed by atoms with E-state index in [1.165, 1.54) is 10.9 Å². The van der Waals surface area contributed by atoms with Gasteiger partial charge < -0.3 is 24.8 Å². The molecule has 0 radical (unpaired) electrons. The third kappa shape index (κ3) is 5.19. The number of rotatable bonds is 6. The quantitative estimate of drug-likeness (QED) is 0.300. The van der Waals surface area contributed by atoms with Crippen LogP contribution in [0, 0.1) is 5.82 Å². The maximum Gasteiger partial charge on any atom is 0.263 e. The van der Waals surface area contributed by atoms with Crippen LogP contribution >= 0.6 is 0 Å². The molecule has 4 aromatic heterocycles. The number of halogens is 1. The van der Waals surface area contributed by atoms with E-state index in [2.05, 4.69) is 44.6 Å². The summed E-state index contributed by atoms with van der Waals surface area (Å²) in [4.78, 5) is 31.6. The van der Waals surface area contributed by atoms with Crippen molar-refractivity contribution in [3.8, 4) is 22.8 Å². The van der Waals surface area contributed by atoms with Gasteiger partial charge in [0.2, 0.25) is 5.95 Å². The molecule has 2 N–H and O–H groups in total. The Morgan fingerprint density at radius 1 is 1.07 bits per heavy atom. The molecule has 5 aromatic rings. The number of piperazine rings is 1. The van der Waals surface area contributed by atoms with Crippen LogP contribution in [0.3, 0.4) is 0 Å². The van der Waals surface area contributed by atoms with E-state index >= 15 is 4.39 Å². The maximum atomic E-state index is 15.3. The highest BCUT2D eigenvalue weighted by atomic mass is 19.1. The van der Waals surface area contributed by atoms with Crippen LogP contribution in [-0.2, 0) is 18.8 Å². The van der Waals surface area contributed by atoms with Crippen LogP contribution in [0.4, 0.5) is 21.7 Å². The second-order valence-electron chi connectivity index (χ2n) is 11.7. The van der Waals surface area contributed by atoms with Gasteiger partial charge in [0, 0.05) is 69.3 Å². The van der Waals surface area contributed by atoms with Gasteiger partial charge >= 0.3 is 0 Å². The van der Waals surface area contributed by atoms with Crippen molar-refractivity contribution in [3.05, 3.63) is 59.0 Å². The molecule has 2 aliphatic rings. The molecule has 3 atom stereocenters. The largest absolute Gasteiger partial charge is 0.379 e. The van der Waals surface area contributed by atoms with E-state index in [0.29, 0.717) is 64.8 Å². The van der Waals surface area contributed by atoms with Gasteiger partial charge in [0.25, 0.3) is 5.56 Å². The van der Waals surface area contributed by atoms with Gasteiger partial charge in [-0.3, -0.25) is 9.36 Å². The van der Waals surface area contributed by atoms with Crippen LogP contribution < -0.4 is 21.1 Å². The third-order valence-electron chi connectivity index (χ3n) is 8.13. The topological polar surface area (TPSA) is 133 Å². The molecule has 14 heteroatoms. The Hall–Kier alpha value is -4.69. The second kappa shape index (κ2) is 11.1. The Kier molecular flexibility index (Phi) is 7.09. The van der Waals surface area contributed by atoms with Gasteiger partial charge in [0.05, 0.1) is 30.1 Å². The number of aromatic nitrogens is 8. The lowest BCUT2D eigenvalue weighted by Gasteiger charge is -2.37. The lowest BCUT2D eigenvalue weighted by molar-refractivity contribution is 0.186. The van der Waals surface area contributed by atoms with Gasteiger partial charge in [-0.05, 0) is 44.5 Å². The molecule has 0 aliphatic carbocycles. The zero-order valence-electron chi connectivity index (χ0n) is 25.0. The molecule has 2 aliphatic heterocycles. The van der Waals surface area contributed by atoms with Crippen molar-refractivity contribution in [3.63, 3.8) is 0 Å². The first-order valence-electron chi connectivity index (χ1n) is 14.7. The SMILES string of the molecule is C[C@@H]1CN(c2ccc(Nc3ncc4cc(-c5nc(-c6cnn(C)n6)cn5C)c(=O)n(C5CCOC5)c4n3)cc2F)C[C@H](C)N1. The minimum absolute atomic E-state index is 0.201. The van der Waals surface area contributed by atoms with Crippen LogP contribution in [0.2, 0.25) is 0 Å². The van der Waals surface area contributed by atoms with Crippen molar-refractivity contribution in [1.29, 1.82) is 0 Å². The molecule has 1 aromatic carbocycles. The Bertz CT molecular complexity index is 1900. The number of nitrogens with zero attached hydrogens (tertiary/aromatic N) is 9. The zero-order valence-corrected chi connectivity index (χ0v) is 25.0. The summed E-state index contributed by atoms with van der Waals surface area (Å²) in [5.41, 5.74) is 2.96. The number of ether oxygens (including phenoxy) is 1. The summed E-state index contributed by atoms with van der Waals surface area (Å²) in [5.74, 6) is 0.435. The standard InChI is InChI=1S/C30H34FN11O2/c1-17-13-41(14-18(2)34-17)26-6-5-20(10-23(26)31)35-30-32-11-19-9-22(29(43)42(27(19)37-30)21-7-8-44-16-21)28-36-25(15-39(28)3)24-12-33-40(4)38-24/h5-6,9-12,15,17-18,21,34H,7-8,13-14,16H2,1-4H3,(H,32,35,37)/t17-,18+,21?. The molecule has 0 saturated carbocycles. The first-order valence-corrected chi connectivity index (χ1v) is 14.7. The van der Waals surface area contributed by atoms with E-state index < -0.39 is 0 Å². The smallest absolute Gasteiger partial charge is 0.263 e. The molecule has 13 nitrogen and oxygen atoms in total. The van der Waals surface area contributed by atoms with Crippen LogP contribution in [-0.4, -0.2) is 77.5 Å². The number of pyridine rings is 1. The van der Waals surface area contributed by atoms with Crippen LogP contribution in [0.15, 0.2) is 47.7 Å². The fourth-order valence-electron chi connectivity index (χ4n) is 6.20. The maximum absolute atomic E-state index is 15.3. The highest BCUT2D eigenvalue weighted by Crippen LogP contribution is 2.29.